The second kappa shape index (κ2) is 9.88. The summed E-state index contributed by atoms with van der Waals surface area (Å²) >= 11 is 0. The Labute approximate surface area is 218 Å². The maximum Gasteiger partial charge on any atom is 0.414 e. The fraction of sp³-hybridized carbons (Fsp3) is 0.333. The van der Waals surface area contributed by atoms with Gasteiger partial charge in [0.05, 0.1) is 18.8 Å². The van der Waals surface area contributed by atoms with E-state index in [4.69, 9.17) is 4.74 Å². The number of benzene rings is 1. The summed E-state index contributed by atoms with van der Waals surface area (Å²) in [5.41, 5.74) is 1.18. The molecule has 11 heteroatoms. The zero-order chi connectivity index (χ0) is 27.0. The van der Waals surface area contributed by atoms with Gasteiger partial charge in [-0.25, -0.2) is 23.1 Å². The molecule has 3 aromatic rings. The van der Waals surface area contributed by atoms with Crippen molar-refractivity contribution in [3.63, 3.8) is 0 Å². The number of imidazole rings is 1. The number of anilines is 1. The molecule has 2 aliphatic heterocycles. The van der Waals surface area contributed by atoms with Crippen LogP contribution >= 0.6 is 0 Å². The van der Waals surface area contributed by atoms with E-state index in [1.807, 2.05) is 0 Å². The van der Waals surface area contributed by atoms with E-state index in [1.165, 1.54) is 27.7 Å². The summed E-state index contributed by atoms with van der Waals surface area (Å²) < 4.78 is 35.1. The highest BCUT2D eigenvalue weighted by Crippen LogP contribution is 2.36. The van der Waals surface area contributed by atoms with Gasteiger partial charge < -0.3 is 15.0 Å². The van der Waals surface area contributed by atoms with Crippen molar-refractivity contribution in [3.05, 3.63) is 83.7 Å². The van der Waals surface area contributed by atoms with Crippen LogP contribution < -0.4 is 10.2 Å². The Balaban J connectivity index is 1.33. The number of allylic oxidation sites excluding steroid dienone is 1. The molecule has 2 aliphatic rings. The molecule has 0 radical (unpaired) electrons. The third kappa shape index (κ3) is 5.36. The molecular formula is C27H28F2N6O3. The normalized spacial score (nSPS) is 19.6. The lowest BCUT2D eigenvalue weighted by Crippen LogP contribution is -2.35. The number of nitrogens with zero attached hydrogens (tertiary/aromatic N) is 5. The fourth-order valence-electron chi connectivity index (χ4n) is 4.48. The van der Waals surface area contributed by atoms with E-state index in [0.717, 1.165) is 0 Å². The van der Waals surface area contributed by atoms with Crippen LogP contribution in [0.4, 0.5) is 19.4 Å². The lowest BCUT2D eigenvalue weighted by molar-refractivity contribution is 0.0349. The number of fused-ring (bicyclic) bond motifs is 1. The summed E-state index contributed by atoms with van der Waals surface area (Å²) in [5, 5.41) is 7.38. The topological polar surface area (TPSA) is 92.1 Å². The van der Waals surface area contributed by atoms with Crippen molar-refractivity contribution in [2.24, 2.45) is 0 Å². The minimum atomic E-state index is -1.10. The van der Waals surface area contributed by atoms with Gasteiger partial charge in [0.15, 0.2) is 11.3 Å². The largest absolute Gasteiger partial charge is 0.443 e. The number of aromatic nitrogens is 3. The Morgan fingerprint density at radius 3 is 2.71 bits per heavy atom. The van der Waals surface area contributed by atoms with Crippen LogP contribution in [0.5, 0.6) is 0 Å². The molecule has 0 bridgehead atoms. The first-order valence-corrected chi connectivity index (χ1v) is 12.3. The van der Waals surface area contributed by atoms with E-state index in [-0.39, 0.29) is 31.0 Å². The average Bonchev–Trinajstić information content (AvgIpc) is 3.46. The van der Waals surface area contributed by atoms with Gasteiger partial charge in [-0.2, -0.15) is 0 Å². The first-order chi connectivity index (χ1) is 18.1. The number of ether oxygens (including phenoxy) is 1. The minimum Gasteiger partial charge on any atom is -0.443 e. The molecule has 4 heterocycles. The van der Waals surface area contributed by atoms with E-state index in [0.29, 0.717) is 22.7 Å². The lowest BCUT2D eigenvalue weighted by Gasteiger charge is -2.26. The molecule has 2 amide bonds. The summed E-state index contributed by atoms with van der Waals surface area (Å²) in [7, 11) is 0. The quantitative estimate of drug-likeness (QED) is 0.541. The van der Waals surface area contributed by atoms with E-state index < -0.39 is 29.8 Å². The Morgan fingerprint density at radius 2 is 2.00 bits per heavy atom. The van der Waals surface area contributed by atoms with Gasteiger partial charge in [-0.3, -0.25) is 9.69 Å². The van der Waals surface area contributed by atoms with Gasteiger partial charge in [-0.05, 0) is 62.8 Å². The van der Waals surface area contributed by atoms with Crippen LogP contribution in [0.2, 0.25) is 0 Å². The number of halogens is 2. The van der Waals surface area contributed by atoms with Crippen LogP contribution in [0.1, 0.15) is 49.3 Å². The third-order valence-electron chi connectivity index (χ3n) is 6.19. The van der Waals surface area contributed by atoms with Crippen molar-refractivity contribution in [1.82, 2.24) is 24.8 Å². The Bertz CT molecular complexity index is 1440. The maximum absolute atomic E-state index is 14.5. The summed E-state index contributed by atoms with van der Waals surface area (Å²) in [6, 6.07) is 9.14. The predicted octanol–water partition coefficient (Wildman–Crippen LogP) is 4.54. The zero-order valence-electron chi connectivity index (χ0n) is 21.3. The number of amides is 2. The van der Waals surface area contributed by atoms with Crippen LogP contribution in [0.15, 0.2) is 66.6 Å². The molecule has 198 valence electrons. The Hall–Kier alpha value is -4.28. The summed E-state index contributed by atoms with van der Waals surface area (Å²) in [4.78, 5) is 32.8. The van der Waals surface area contributed by atoms with E-state index in [1.54, 1.807) is 68.3 Å². The highest BCUT2D eigenvalue weighted by Gasteiger charge is 2.34. The third-order valence-corrected chi connectivity index (χ3v) is 6.19. The van der Waals surface area contributed by atoms with Crippen molar-refractivity contribution in [3.8, 4) is 0 Å². The average molecular weight is 523 g/mol. The molecular weight excluding hydrogens is 494 g/mol. The van der Waals surface area contributed by atoms with Crippen molar-refractivity contribution in [1.29, 1.82) is 0 Å². The van der Waals surface area contributed by atoms with Gasteiger partial charge in [0.2, 0.25) is 0 Å². The second-order valence-corrected chi connectivity index (χ2v) is 10.2. The molecule has 2 aromatic heterocycles. The fourth-order valence-corrected chi connectivity index (χ4v) is 4.48. The number of rotatable bonds is 4. The number of nitrogens with one attached hydrogen (secondary N) is 1. The highest BCUT2D eigenvalue weighted by atomic mass is 19.1. The van der Waals surface area contributed by atoms with Crippen LogP contribution in [-0.2, 0) is 4.74 Å². The standard InChI is InChI=1S/C27H28F2N6O3/c1-27(2,3)38-26(37)33-11-9-20(10-12-33)31-25(36)22-15-30-23-7-8-24(32-35(22)23)34-16-19(29)14-21(34)17-5-4-6-18(28)13-17/h4-11,13,15,19,21H,12,14,16H2,1-3H3,(H,31,36)/t19-,21+/m0/s1. The summed E-state index contributed by atoms with van der Waals surface area (Å²) in [6.45, 7) is 5.70. The molecule has 9 nitrogen and oxygen atoms in total. The number of carbonyl (C=O) groups excluding carboxylic acids is 2. The highest BCUT2D eigenvalue weighted by molar-refractivity contribution is 5.94. The molecule has 1 fully saturated rings. The van der Waals surface area contributed by atoms with Crippen LogP contribution in [0, 0.1) is 5.82 Å². The molecule has 1 N–H and O–H groups in total. The predicted molar refractivity (Wildman–Crippen MR) is 137 cm³/mol. The van der Waals surface area contributed by atoms with Gasteiger partial charge in [0.1, 0.15) is 23.4 Å². The first kappa shape index (κ1) is 25.4. The monoisotopic (exact) mass is 522 g/mol. The van der Waals surface area contributed by atoms with Gasteiger partial charge in [-0.1, -0.05) is 12.1 Å². The molecule has 0 saturated carbocycles. The van der Waals surface area contributed by atoms with Crippen molar-refractivity contribution < 1.29 is 23.1 Å². The number of hydrogen-bond acceptors (Lipinski definition) is 6. The second-order valence-electron chi connectivity index (χ2n) is 10.2. The number of alkyl halides is 1. The maximum atomic E-state index is 14.5. The van der Waals surface area contributed by atoms with Crippen LogP contribution in [0.25, 0.3) is 5.65 Å². The van der Waals surface area contributed by atoms with Gasteiger partial charge in [0, 0.05) is 24.9 Å². The molecule has 5 rings (SSSR count). The molecule has 1 aromatic carbocycles. The van der Waals surface area contributed by atoms with E-state index >= 15 is 0 Å². The zero-order valence-corrected chi connectivity index (χ0v) is 21.3. The minimum absolute atomic E-state index is 0.0990. The number of hydrogen-bond donors (Lipinski definition) is 1. The molecule has 1 saturated heterocycles. The lowest BCUT2D eigenvalue weighted by atomic mass is 10.0. The van der Waals surface area contributed by atoms with Gasteiger partial charge >= 0.3 is 6.09 Å². The molecule has 0 spiro atoms. The van der Waals surface area contributed by atoms with Crippen molar-refractivity contribution in [2.75, 3.05) is 18.0 Å². The molecule has 0 aliphatic carbocycles. The van der Waals surface area contributed by atoms with Gasteiger partial charge in [0.25, 0.3) is 5.91 Å². The van der Waals surface area contributed by atoms with E-state index in [2.05, 4.69) is 15.4 Å². The van der Waals surface area contributed by atoms with E-state index in [9.17, 15) is 18.4 Å². The molecule has 0 unspecified atom stereocenters. The molecule has 38 heavy (non-hydrogen) atoms. The molecule has 2 atom stereocenters. The Morgan fingerprint density at radius 1 is 1.18 bits per heavy atom. The van der Waals surface area contributed by atoms with Crippen LogP contribution in [0.3, 0.4) is 0 Å². The van der Waals surface area contributed by atoms with Crippen molar-refractivity contribution >= 4 is 23.5 Å². The number of carbonyl (C=O) groups is 2. The first-order valence-electron chi connectivity index (χ1n) is 12.3. The SMILES string of the molecule is CC(C)(C)OC(=O)N1C=CC(NC(=O)c2cnc3ccc(N4C[C@@H](F)C[C@@H]4c4cccc(F)c4)nn23)=CC1. The van der Waals surface area contributed by atoms with Gasteiger partial charge in [-0.15, -0.1) is 5.10 Å². The Kier molecular flexibility index (Phi) is 6.60. The van der Waals surface area contributed by atoms with Crippen LogP contribution in [-0.4, -0.2) is 56.4 Å². The summed E-state index contributed by atoms with van der Waals surface area (Å²) in [5.74, 6) is -0.388. The smallest absolute Gasteiger partial charge is 0.414 e. The van der Waals surface area contributed by atoms with Crippen molar-refractivity contribution in [2.45, 2.75) is 45.0 Å². The summed E-state index contributed by atoms with van der Waals surface area (Å²) in [6.07, 6.45) is 4.87.